The van der Waals surface area contributed by atoms with Crippen LogP contribution in [0.15, 0.2) is 46.0 Å². The maximum absolute atomic E-state index is 6.08. The summed E-state index contributed by atoms with van der Waals surface area (Å²) in [5, 5.41) is 8.74. The minimum atomic E-state index is 0. The highest BCUT2D eigenvalue weighted by atomic mass is 127. The summed E-state index contributed by atoms with van der Waals surface area (Å²) >= 11 is 12.0. The first-order valence-electron chi connectivity index (χ1n) is 9.35. The molecule has 2 heterocycles. The summed E-state index contributed by atoms with van der Waals surface area (Å²) < 4.78 is 7.36. The Morgan fingerprint density at radius 3 is 2.60 bits per heavy atom. The van der Waals surface area contributed by atoms with Gasteiger partial charge in [-0.3, -0.25) is 4.99 Å². The van der Waals surface area contributed by atoms with Crippen LogP contribution in [0.1, 0.15) is 18.5 Å². The predicted octanol–water partition coefficient (Wildman–Crippen LogP) is 4.64. The van der Waals surface area contributed by atoms with E-state index in [1.807, 2.05) is 50.0 Å². The Morgan fingerprint density at radius 1 is 1.23 bits per heavy atom. The number of halogens is 3. The largest absolute Gasteiger partial charge is 0.357 e. The molecule has 0 spiro atoms. The van der Waals surface area contributed by atoms with Crippen molar-refractivity contribution in [1.82, 2.24) is 24.9 Å². The highest BCUT2D eigenvalue weighted by Crippen LogP contribution is 2.19. The Bertz CT molecular complexity index is 970. The van der Waals surface area contributed by atoms with E-state index in [1.54, 1.807) is 12.1 Å². The number of hydrogen-bond donors (Lipinski definition) is 1. The van der Waals surface area contributed by atoms with E-state index < -0.39 is 0 Å². The molecule has 0 saturated heterocycles. The number of hydrogen-bond acceptors (Lipinski definition) is 4. The molecule has 0 aliphatic rings. The molecule has 7 nitrogen and oxygen atoms in total. The lowest BCUT2D eigenvalue weighted by molar-refractivity contribution is 0.379. The summed E-state index contributed by atoms with van der Waals surface area (Å²) in [6.45, 7) is 4.04. The minimum absolute atomic E-state index is 0. The number of guanidine groups is 1. The summed E-state index contributed by atoms with van der Waals surface area (Å²) in [7, 11) is 3.97. The van der Waals surface area contributed by atoms with E-state index in [4.69, 9.17) is 27.7 Å². The third-order valence-corrected chi connectivity index (χ3v) is 4.79. The van der Waals surface area contributed by atoms with E-state index in [2.05, 4.69) is 25.3 Å². The first kappa shape index (κ1) is 24.5. The van der Waals surface area contributed by atoms with Crippen LogP contribution >= 0.6 is 47.2 Å². The van der Waals surface area contributed by atoms with Crippen molar-refractivity contribution >= 4 is 53.1 Å². The van der Waals surface area contributed by atoms with Crippen molar-refractivity contribution < 1.29 is 4.52 Å². The smallest absolute Gasteiger partial charge is 0.228 e. The average molecular weight is 563 g/mol. The third-order valence-electron chi connectivity index (χ3n) is 4.33. The lowest BCUT2D eigenvalue weighted by Gasteiger charge is -2.22. The van der Waals surface area contributed by atoms with Gasteiger partial charge in [-0.25, -0.2) is 0 Å². The summed E-state index contributed by atoms with van der Waals surface area (Å²) in [5.41, 5.74) is 1.97. The molecular formula is C20H25Cl2IN6O. The fourth-order valence-corrected chi connectivity index (χ4v) is 3.24. The van der Waals surface area contributed by atoms with E-state index in [0.717, 1.165) is 28.8 Å². The van der Waals surface area contributed by atoms with E-state index >= 15 is 0 Å². The van der Waals surface area contributed by atoms with Crippen LogP contribution < -0.4 is 5.32 Å². The van der Waals surface area contributed by atoms with Crippen LogP contribution in [0.5, 0.6) is 0 Å². The van der Waals surface area contributed by atoms with Gasteiger partial charge in [0.15, 0.2) is 5.96 Å². The minimum Gasteiger partial charge on any atom is -0.357 e. The normalized spacial score (nSPS) is 11.3. The zero-order valence-corrected chi connectivity index (χ0v) is 20.9. The Morgan fingerprint density at radius 2 is 1.97 bits per heavy atom. The molecule has 1 N–H and O–H groups in total. The molecule has 162 valence electrons. The molecule has 2 aromatic heterocycles. The zero-order chi connectivity index (χ0) is 20.8. The van der Waals surface area contributed by atoms with Crippen LogP contribution in [-0.2, 0) is 20.0 Å². The molecule has 10 heteroatoms. The summed E-state index contributed by atoms with van der Waals surface area (Å²) in [5.74, 6) is 1.90. The summed E-state index contributed by atoms with van der Waals surface area (Å²) in [4.78, 5) is 11.2. The molecule has 30 heavy (non-hydrogen) atoms. The molecule has 0 fully saturated rings. The Labute approximate surface area is 203 Å². The van der Waals surface area contributed by atoms with Gasteiger partial charge in [-0.2, -0.15) is 4.98 Å². The Balaban J connectivity index is 0.00000320. The van der Waals surface area contributed by atoms with Crippen molar-refractivity contribution in [3.63, 3.8) is 0 Å². The molecule has 0 aliphatic heterocycles. The number of aliphatic imine (C=N–C) groups is 1. The molecule has 0 aliphatic carbocycles. The van der Waals surface area contributed by atoms with Crippen molar-refractivity contribution in [3.05, 3.63) is 58.2 Å². The number of nitrogens with one attached hydrogen (secondary N) is 1. The summed E-state index contributed by atoms with van der Waals surface area (Å²) in [6, 6.07) is 9.29. The van der Waals surface area contributed by atoms with Gasteiger partial charge in [0.25, 0.3) is 0 Å². The highest BCUT2D eigenvalue weighted by molar-refractivity contribution is 14.0. The number of rotatable bonds is 7. The number of benzene rings is 1. The van der Waals surface area contributed by atoms with E-state index in [-0.39, 0.29) is 24.0 Å². The third kappa shape index (κ3) is 6.61. The van der Waals surface area contributed by atoms with Crippen LogP contribution in [-0.4, -0.2) is 45.7 Å². The average Bonchev–Trinajstić information content (AvgIpc) is 3.28. The van der Waals surface area contributed by atoms with Crippen molar-refractivity contribution in [2.45, 2.75) is 19.9 Å². The molecule has 0 bridgehead atoms. The molecule has 3 rings (SSSR count). The molecular weight excluding hydrogens is 538 g/mol. The molecule has 1 aromatic carbocycles. The van der Waals surface area contributed by atoms with Gasteiger partial charge in [0, 0.05) is 49.5 Å². The van der Waals surface area contributed by atoms with Gasteiger partial charge in [0.1, 0.15) is 0 Å². The van der Waals surface area contributed by atoms with Gasteiger partial charge in [-0.15, -0.1) is 24.0 Å². The molecule has 0 amide bonds. The maximum atomic E-state index is 6.08. The van der Waals surface area contributed by atoms with E-state index in [9.17, 15) is 0 Å². The van der Waals surface area contributed by atoms with Gasteiger partial charge in [0.2, 0.25) is 11.7 Å². The van der Waals surface area contributed by atoms with Crippen LogP contribution in [0, 0.1) is 0 Å². The second kappa shape index (κ2) is 11.6. The van der Waals surface area contributed by atoms with Crippen LogP contribution in [0.3, 0.4) is 0 Å². The molecule has 0 unspecified atom stereocenters. The van der Waals surface area contributed by atoms with Crippen LogP contribution in [0.4, 0.5) is 0 Å². The molecule has 0 atom stereocenters. The zero-order valence-electron chi connectivity index (χ0n) is 17.1. The van der Waals surface area contributed by atoms with Crippen molar-refractivity contribution in [1.29, 1.82) is 0 Å². The van der Waals surface area contributed by atoms with Gasteiger partial charge in [0.05, 0.1) is 18.1 Å². The highest BCUT2D eigenvalue weighted by Gasteiger charge is 2.11. The number of aryl methyl sites for hydroxylation is 1. The maximum Gasteiger partial charge on any atom is 0.228 e. The lowest BCUT2D eigenvalue weighted by atomic mass is 10.2. The SMILES string of the molecule is CCNC(=NCCc1nc(-c2ccc(Cl)cc2)no1)N(C)Cc1cc(Cl)cn1C.I. The van der Waals surface area contributed by atoms with Crippen LogP contribution in [0.25, 0.3) is 11.4 Å². The molecule has 0 saturated carbocycles. The van der Waals surface area contributed by atoms with Crippen molar-refractivity contribution in [3.8, 4) is 11.4 Å². The molecule has 0 radical (unpaired) electrons. The fraction of sp³-hybridized carbons (Fsp3) is 0.350. The van der Waals surface area contributed by atoms with Gasteiger partial charge in [-0.1, -0.05) is 28.4 Å². The second-order valence-electron chi connectivity index (χ2n) is 6.62. The second-order valence-corrected chi connectivity index (χ2v) is 7.49. The first-order valence-corrected chi connectivity index (χ1v) is 10.1. The standard InChI is InChI=1S/C20H24Cl2N6O.HI/c1-4-23-20(28(3)13-17-11-16(22)12-27(17)2)24-10-9-18-25-19(26-29-18)14-5-7-15(21)8-6-14;/h5-8,11-12H,4,9-10,13H2,1-3H3,(H,23,24);1H. The number of aromatic nitrogens is 3. The van der Waals surface area contributed by atoms with E-state index in [1.165, 1.54) is 0 Å². The monoisotopic (exact) mass is 562 g/mol. The van der Waals surface area contributed by atoms with Crippen molar-refractivity contribution in [2.75, 3.05) is 20.1 Å². The number of nitrogens with zero attached hydrogens (tertiary/aromatic N) is 5. The Hall–Kier alpha value is -1.78. The topological polar surface area (TPSA) is 71.5 Å². The first-order chi connectivity index (χ1) is 14.0. The van der Waals surface area contributed by atoms with Gasteiger partial charge in [-0.05, 0) is 37.3 Å². The Kier molecular flexibility index (Phi) is 9.44. The predicted molar refractivity (Wildman–Crippen MR) is 132 cm³/mol. The van der Waals surface area contributed by atoms with Crippen molar-refractivity contribution in [2.24, 2.45) is 12.0 Å². The van der Waals surface area contributed by atoms with Gasteiger partial charge >= 0.3 is 0 Å². The van der Waals surface area contributed by atoms with Crippen LogP contribution in [0.2, 0.25) is 10.0 Å². The van der Waals surface area contributed by atoms with Gasteiger partial charge < -0.3 is 19.3 Å². The van der Waals surface area contributed by atoms with E-state index in [0.29, 0.717) is 36.2 Å². The fourth-order valence-electron chi connectivity index (χ4n) is 2.84. The lowest BCUT2D eigenvalue weighted by Crippen LogP contribution is -2.39. The molecule has 3 aromatic rings. The summed E-state index contributed by atoms with van der Waals surface area (Å²) in [6.07, 6.45) is 2.45. The quantitative estimate of drug-likeness (QED) is 0.258.